The number of rotatable bonds is 4. The lowest BCUT2D eigenvalue weighted by atomic mass is 10.0. The molecular formula is C17H23N5O. The molecule has 1 aliphatic heterocycles. The second kappa shape index (κ2) is 6.73. The molecule has 0 bridgehead atoms. The molecule has 2 heterocycles. The van der Waals surface area contributed by atoms with Crippen LogP contribution < -0.4 is 20.7 Å². The van der Waals surface area contributed by atoms with E-state index in [1.165, 1.54) is 12.8 Å². The average Bonchev–Trinajstić information content (AvgIpc) is 2.57. The first kappa shape index (κ1) is 15.4. The van der Waals surface area contributed by atoms with Gasteiger partial charge in [0.15, 0.2) is 11.6 Å². The Kier molecular flexibility index (Phi) is 4.50. The maximum absolute atomic E-state index is 6.31. The zero-order valence-electron chi connectivity index (χ0n) is 13.6. The van der Waals surface area contributed by atoms with Crippen molar-refractivity contribution in [2.24, 2.45) is 5.92 Å². The molecule has 0 amide bonds. The lowest BCUT2D eigenvalue weighted by Gasteiger charge is -2.32. The first-order valence-corrected chi connectivity index (χ1v) is 7.94. The molecule has 1 aromatic heterocycles. The molecule has 6 nitrogen and oxygen atoms in total. The van der Waals surface area contributed by atoms with Crippen molar-refractivity contribution >= 4 is 23.0 Å². The van der Waals surface area contributed by atoms with Gasteiger partial charge >= 0.3 is 0 Å². The average molecular weight is 313 g/mol. The van der Waals surface area contributed by atoms with Gasteiger partial charge in [-0.25, -0.2) is 9.97 Å². The highest BCUT2D eigenvalue weighted by Crippen LogP contribution is 2.31. The van der Waals surface area contributed by atoms with Crippen LogP contribution in [0.3, 0.4) is 0 Å². The topological polar surface area (TPSA) is 76.3 Å². The second-order valence-corrected chi connectivity index (χ2v) is 6.01. The van der Waals surface area contributed by atoms with E-state index in [-0.39, 0.29) is 0 Å². The van der Waals surface area contributed by atoms with E-state index in [4.69, 9.17) is 10.5 Å². The first-order valence-electron chi connectivity index (χ1n) is 7.94. The standard InChI is InChI=1S/C17H23N5O/c1-12-4-3-9-22(10-12)17-15(18)16(19-11-20-17)21-13-5-7-14(23-2)8-6-13/h5-8,11-12H,3-4,9-10,18H2,1-2H3,(H,19,20,21). The van der Waals surface area contributed by atoms with Crippen LogP contribution in [0.2, 0.25) is 0 Å². The molecule has 1 unspecified atom stereocenters. The van der Waals surface area contributed by atoms with Gasteiger partial charge in [-0.3, -0.25) is 0 Å². The molecule has 0 aliphatic carbocycles. The summed E-state index contributed by atoms with van der Waals surface area (Å²) in [5.41, 5.74) is 7.82. The van der Waals surface area contributed by atoms with E-state index in [1.54, 1.807) is 13.4 Å². The number of anilines is 4. The molecule has 0 spiro atoms. The number of hydrogen-bond acceptors (Lipinski definition) is 6. The lowest BCUT2D eigenvalue weighted by Crippen LogP contribution is -2.35. The molecule has 1 saturated heterocycles. The maximum atomic E-state index is 6.31. The van der Waals surface area contributed by atoms with Crippen LogP contribution in [-0.4, -0.2) is 30.2 Å². The van der Waals surface area contributed by atoms with Crippen LogP contribution in [0.1, 0.15) is 19.8 Å². The van der Waals surface area contributed by atoms with E-state index in [2.05, 4.69) is 27.1 Å². The van der Waals surface area contributed by atoms with Gasteiger partial charge in [0.25, 0.3) is 0 Å². The third-order valence-corrected chi connectivity index (χ3v) is 4.17. The van der Waals surface area contributed by atoms with Crippen LogP contribution in [0.25, 0.3) is 0 Å². The molecule has 0 radical (unpaired) electrons. The molecule has 122 valence electrons. The number of benzene rings is 1. The molecule has 3 rings (SSSR count). The Bertz CT molecular complexity index is 659. The minimum Gasteiger partial charge on any atom is -0.497 e. The van der Waals surface area contributed by atoms with Crippen LogP contribution in [0.5, 0.6) is 5.75 Å². The van der Waals surface area contributed by atoms with Crippen molar-refractivity contribution in [2.75, 3.05) is 36.1 Å². The monoisotopic (exact) mass is 313 g/mol. The summed E-state index contributed by atoms with van der Waals surface area (Å²) in [5, 5.41) is 3.26. The van der Waals surface area contributed by atoms with Crippen LogP contribution in [-0.2, 0) is 0 Å². The fourth-order valence-electron chi connectivity index (χ4n) is 2.93. The third kappa shape index (κ3) is 3.47. The Morgan fingerprint density at radius 2 is 2.04 bits per heavy atom. The summed E-state index contributed by atoms with van der Waals surface area (Å²) in [6.07, 6.45) is 4.00. The first-order chi connectivity index (χ1) is 11.2. The molecule has 3 N–H and O–H groups in total. The molecule has 2 aromatic rings. The molecule has 23 heavy (non-hydrogen) atoms. The van der Waals surface area contributed by atoms with Gasteiger partial charge in [0.05, 0.1) is 7.11 Å². The molecule has 0 saturated carbocycles. The number of nitrogen functional groups attached to an aromatic ring is 1. The lowest BCUT2D eigenvalue weighted by molar-refractivity contribution is 0.415. The quantitative estimate of drug-likeness (QED) is 0.903. The Labute approximate surface area is 136 Å². The van der Waals surface area contributed by atoms with Crippen molar-refractivity contribution in [3.63, 3.8) is 0 Å². The Morgan fingerprint density at radius 1 is 1.26 bits per heavy atom. The summed E-state index contributed by atoms with van der Waals surface area (Å²) >= 11 is 0. The number of ether oxygens (including phenoxy) is 1. The van der Waals surface area contributed by atoms with Crippen molar-refractivity contribution in [2.45, 2.75) is 19.8 Å². The molecule has 6 heteroatoms. The largest absolute Gasteiger partial charge is 0.497 e. The summed E-state index contributed by atoms with van der Waals surface area (Å²) in [6.45, 7) is 4.25. The van der Waals surface area contributed by atoms with E-state index in [0.29, 0.717) is 17.4 Å². The third-order valence-electron chi connectivity index (χ3n) is 4.17. The molecule has 1 atom stereocenters. The minimum atomic E-state index is 0.595. The number of nitrogens with zero attached hydrogens (tertiary/aromatic N) is 3. The zero-order valence-corrected chi connectivity index (χ0v) is 13.6. The fourth-order valence-corrected chi connectivity index (χ4v) is 2.93. The summed E-state index contributed by atoms with van der Waals surface area (Å²) in [7, 11) is 1.65. The van der Waals surface area contributed by atoms with Gasteiger partial charge in [0.1, 0.15) is 17.8 Å². The predicted molar refractivity (Wildman–Crippen MR) is 93.3 cm³/mol. The van der Waals surface area contributed by atoms with Gasteiger partial charge in [-0.05, 0) is 43.0 Å². The SMILES string of the molecule is COc1ccc(Nc2ncnc(N3CCCC(C)C3)c2N)cc1. The van der Waals surface area contributed by atoms with Gasteiger partial charge in [-0.1, -0.05) is 6.92 Å². The van der Waals surface area contributed by atoms with Crippen molar-refractivity contribution < 1.29 is 4.74 Å². The van der Waals surface area contributed by atoms with E-state index >= 15 is 0 Å². The van der Waals surface area contributed by atoms with Gasteiger partial charge in [-0.15, -0.1) is 0 Å². The summed E-state index contributed by atoms with van der Waals surface area (Å²) < 4.78 is 5.17. The van der Waals surface area contributed by atoms with E-state index in [1.807, 2.05) is 24.3 Å². The van der Waals surface area contributed by atoms with Crippen molar-refractivity contribution in [3.8, 4) is 5.75 Å². The number of nitrogens with one attached hydrogen (secondary N) is 1. The van der Waals surface area contributed by atoms with Crippen LogP contribution in [0.4, 0.5) is 23.0 Å². The van der Waals surface area contributed by atoms with E-state index in [9.17, 15) is 0 Å². The molecule has 1 fully saturated rings. The van der Waals surface area contributed by atoms with Gasteiger partial charge in [-0.2, -0.15) is 0 Å². The normalized spacial score (nSPS) is 17.8. The minimum absolute atomic E-state index is 0.595. The number of aromatic nitrogens is 2. The fraction of sp³-hybridized carbons (Fsp3) is 0.412. The van der Waals surface area contributed by atoms with Crippen molar-refractivity contribution in [1.82, 2.24) is 9.97 Å². The Hall–Kier alpha value is -2.50. The van der Waals surface area contributed by atoms with Crippen molar-refractivity contribution in [3.05, 3.63) is 30.6 Å². The van der Waals surface area contributed by atoms with Crippen LogP contribution in [0, 0.1) is 5.92 Å². The van der Waals surface area contributed by atoms with Crippen LogP contribution in [0.15, 0.2) is 30.6 Å². The van der Waals surface area contributed by atoms with Crippen molar-refractivity contribution in [1.29, 1.82) is 0 Å². The Morgan fingerprint density at radius 3 is 2.74 bits per heavy atom. The smallest absolute Gasteiger partial charge is 0.159 e. The van der Waals surface area contributed by atoms with E-state index in [0.717, 1.165) is 30.3 Å². The van der Waals surface area contributed by atoms with Gasteiger partial charge in [0.2, 0.25) is 0 Å². The number of nitrogens with two attached hydrogens (primary N) is 1. The molecule has 1 aliphatic rings. The van der Waals surface area contributed by atoms with E-state index < -0.39 is 0 Å². The molecular weight excluding hydrogens is 290 g/mol. The summed E-state index contributed by atoms with van der Waals surface area (Å²) in [4.78, 5) is 10.9. The predicted octanol–water partition coefficient (Wildman–Crippen LogP) is 3.05. The highest BCUT2D eigenvalue weighted by molar-refractivity contribution is 5.78. The Balaban J connectivity index is 1.81. The van der Waals surface area contributed by atoms with Gasteiger partial charge < -0.3 is 20.7 Å². The molecule has 1 aromatic carbocycles. The highest BCUT2D eigenvalue weighted by atomic mass is 16.5. The van der Waals surface area contributed by atoms with Crippen LogP contribution >= 0.6 is 0 Å². The highest BCUT2D eigenvalue weighted by Gasteiger charge is 2.21. The number of hydrogen-bond donors (Lipinski definition) is 2. The van der Waals surface area contributed by atoms with Gasteiger partial charge in [0, 0.05) is 18.8 Å². The number of piperidine rings is 1. The summed E-state index contributed by atoms with van der Waals surface area (Å²) in [5.74, 6) is 2.94. The summed E-state index contributed by atoms with van der Waals surface area (Å²) in [6, 6.07) is 7.66. The number of methoxy groups -OCH3 is 1. The maximum Gasteiger partial charge on any atom is 0.159 e. The second-order valence-electron chi connectivity index (χ2n) is 6.01. The zero-order chi connectivity index (χ0) is 16.2.